The first-order valence-electron chi connectivity index (χ1n) is 8.95. The van der Waals surface area contributed by atoms with Crippen LogP contribution >= 0.6 is 11.3 Å². The van der Waals surface area contributed by atoms with Crippen LogP contribution in [-0.2, 0) is 0 Å². The minimum absolute atomic E-state index is 0.000256. The van der Waals surface area contributed by atoms with Crippen LogP contribution in [0.25, 0.3) is 15.9 Å². The van der Waals surface area contributed by atoms with Crippen LogP contribution < -0.4 is 0 Å². The number of hydrogen-bond donors (Lipinski definition) is 0. The Bertz CT molecular complexity index is 1180. The highest BCUT2D eigenvalue weighted by molar-refractivity contribution is 7.20. The van der Waals surface area contributed by atoms with Crippen molar-refractivity contribution in [1.29, 1.82) is 0 Å². The highest BCUT2D eigenvalue weighted by Gasteiger charge is 2.42. The zero-order valence-corrected chi connectivity index (χ0v) is 16.2. The number of rotatable bonds is 3. The summed E-state index contributed by atoms with van der Waals surface area (Å²) in [6, 6.07) is 10.5. The average molecular weight is 377 g/mol. The third-order valence-corrected chi connectivity index (χ3v) is 6.42. The van der Waals surface area contributed by atoms with Gasteiger partial charge >= 0.3 is 0 Å². The van der Waals surface area contributed by atoms with E-state index in [0.717, 1.165) is 33.7 Å². The normalized spacial score (nSPS) is 18.9. The van der Waals surface area contributed by atoms with E-state index in [2.05, 4.69) is 34.3 Å². The van der Waals surface area contributed by atoms with Crippen LogP contribution in [-0.4, -0.2) is 44.5 Å². The number of thiophene rings is 1. The van der Waals surface area contributed by atoms with Gasteiger partial charge < -0.3 is 4.90 Å². The highest BCUT2D eigenvalue weighted by atomic mass is 32.1. The molecule has 2 atom stereocenters. The van der Waals surface area contributed by atoms with Gasteiger partial charge in [-0.1, -0.05) is 30.3 Å². The van der Waals surface area contributed by atoms with E-state index in [9.17, 15) is 4.79 Å². The molecule has 0 unspecified atom stereocenters. The Labute approximate surface area is 160 Å². The van der Waals surface area contributed by atoms with Crippen LogP contribution in [0.2, 0.25) is 0 Å². The third kappa shape index (κ3) is 2.53. The number of aromatic nitrogens is 4. The van der Waals surface area contributed by atoms with Gasteiger partial charge in [-0.05, 0) is 30.4 Å². The van der Waals surface area contributed by atoms with Gasteiger partial charge in [-0.25, -0.2) is 14.5 Å². The standard InChI is InChI=1S/C20H19N5OS/c1-11-15-18-22-17(14-9-13(14)12-7-5-4-6-8-12)23-25(18)10-21-19(15)27-16(11)20(26)24(2)3/h4-8,10,13-14H,9H2,1-3H3/t13-,14+/m0/s1. The van der Waals surface area contributed by atoms with Gasteiger partial charge in [0.25, 0.3) is 5.91 Å². The van der Waals surface area contributed by atoms with Crippen molar-refractivity contribution >= 4 is 33.1 Å². The lowest BCUT2D eigenvalue weighted by molar-refractivity contribution is 0.0831. The summed E-state index contributed by atoms with van der Waals surface area (Å²) in [5, 5.41) is 5.62. The summed E-state index contributed by atoms with van der Waals surface area (Å²) in [5.74, 6) is 1.70. The number of fused-ring (bicyclic) bond motifs is 3. The summed E-state index contributed by atoms with van der Waals surface area (Å²) in [6.45, 7) is 1.97. The lowest BCUT2D eigenvalue weighted by Crippen LogP contribution is -2.21. The van der Waals surface area contributed by atoms with E-state index in [0.29, 0.717) is 16.7 Å². The molecule has 1 aliphatic carbocycles. The molecule has 27 heavy (non-hydrogen) atoms. The van der Waals surface area contributed by atoms with E-state index in [1.165, 1.54) is 16.9 Å². The summed E-state index contributed by atoms with van der Waals surface area (Å²) in [6.07, 6.45) is 2.78. The molecule has 136 valence electrons. The molecular formula is C20H19N5OS. The first kappa shape index (κ1) is 16.4. The summed E-state index contributed by atoms with van der Waals surface area (Å²) in [5.41, 5.74) is 3.07. The van der Waals surface area contributed by atoms with Gasteiger partial charge in [0.2, 0.25) is 0 Å². The number of benzene rings is 1. The molecular weight excluding hydrogens is 358 g/mol. The molecule has 0 spiro atoms. The molecule has 0 aliphatic heterocycles. The van der Waals surface area contributed by atoms with Crippen molar-refractivity contribution in [2.75, 3.05) is 14.1 Å². The Kier molecular flexibility index (Phi) is 3.55. The van der Waals surface area contributed by atoms with E-state index < -0.39 is 0 Å². The Hall–Kier alpha value is -2.80. The third-order valence-electron chi connectivity index (χ3n) is 5.23. The minimum atomic E-state index is -0.000256. The lowest BCUT2D eigenvalue weighted by Gasteiger charge is -2.08. The van der Waals surface area contributed by atoms with Crippen molar-refractivity contribution < 1.29 is 4.79 Å². The second-order valence-electron chi connectivity index (χ2n) is 7.28. The molecule has 7 heteroatoms. The molecule has 1 fully saturated rings. The predicted octanol–water partition coefficient (Wildman–Crippen LogP) is 3.62. The Balaban J connectivity index is 1.58. The maximum absolute atomic E-state index is 12.5. The van der Waals surface area contributed by atoms with Crippen molar-refractivity contribution in [2.45, 2.75) is 25.2 Å². The van der Waals surface area contributed by atoms with E-state index >= 15 is 0 Å². The summed E-state index contributed by atoms with van der Waals surface area (Å²) in [7, 11) is 3.53. The van der Waals surface area contributed by atoms with Gasteiger partial charge in [0.15, 0.2) is 11.5 Å². The Morgan fingerprint density at radius 3 is 2.74 bits per heavy atom. The van der Waals surface area contributed by atoms with E-state index in [1.807, 2.05) is 13.0 Å². The monoisotopic (exact) mass is 377 g/mol. The number of aryl methyl sites for hydroxylation is 1. The molecule has 0 N–H and O–H groups in total. The number of carbonyl (C=O) groups excluding carboxylic acids is 1. The largest absolute Gasteiger partial charge is 0.344 e. The molecule has 5 rings (SSSR count). The molecule has 0 bridgehead atoms. The molecule has 1 saturated carbocycles. The van der Waals surface area contributed by atoms with Crippen molar-refractivity contribution in [2.24, 2.45) is 0 Å². The fourth-order valence-corrected chi connectivity index (χ4v) is 4.83. The summed E-state index contributed by atoms with van der Waals surface area (Å²) >= 11 is 1.42. The summed E-state index contributed by atoms with van der Waals surface area (Å²) < 4.78 is 1.75. The molecule has 4 aromatic rings. The van der Waals surface area contributed by atoms with Gasteiger partial charge in [0, 0.05) is 20.0 Å². The number of carbonyl (C=O) groups is 1. The Morgan fingerprint density at radius 1 is 1.22 bits per heavy atom. The molecule has 1 amide bonds. The highest BCUT2D eigenvalue weighted by Crippen LogP contribution is 2.53. The lowest BCUT2D eigenvalue weighted by atomic mass is 10.1. The summed E-state index contributed by atoms with van der Waals surface area (Å²) in [4.78, 5) is 25.0. The van der Waals surface area contributed by atoms with Crippen molar-refractivity contribution in [3.8, 4) is 0 Å². The van der Waals surface area contributed by atoms with Gasteiger partial charge in [-0.15, -0.1) is 16.4 Å². The second kappa shape index (κ2) is 5.85. The topological polar surface area (TPSA) is 63.4 Å². The molecule has 0 saturated heterocycles. The van der Waals surface area contributed by atoms with Crippen molar-refractivity contribution in [1.82, 2.24) is 24.5 Å². The van der Waals surface area contributed by atoms with Crippen LogP contribution in [0, 0.1) is 6.92 Å². The number of amides is 1. The van der Waals surface area contributed by atoms with E-state index in [-0.39, 0.29) is 5.91 Å². The minimum Gasteiger partial charge on any atom is -0.344 e. The van der Waals surface area contributed by atoms with E-state index in [4.69, 9.17) is 4.98 Å². The van der Waals surface area contributed by atoms with Crippen molar-refractivity contribution in [3.63, 3.8) is 0 Å². The fraction of sp³-hybridized carbons (Fsp3) is 0.300. The first-order chi connectivity index (χ1) is 13.0. The maximum Gasteiger partial charge on any atom is 0.263 e. The van der Waals surface area contributed by atoms with Crippen LogP contribution in [0.3, 0.4) is 0 Å². The van der Waals surface area contributed by atoms with Gasteiger partial charge in [0.05, 0.1) is 10.3 Å². The SMILES string of the molecule is Cc1c(C(=O)N(C)C)sc2ncn3nc([C@@H]4C[C@H]4c4ccccc4)nc3c12. The van der Waals surface area contributed by atoms with Gasteiger partial charge in [0.1, 0.15) is 11.2 Å². The van der Waals surface area contributed by atoms with Crippen LogP contribution in [0.5, 0.6) is 0 Å². The molecule has 3 heterocycles. The number of hydrogen-bond acceptors (Lipinski definition) is 5. The molecule has 3 aromatic heterocycles. The Morgan fingerprint density at radius 2 is 2.00 bits per heavy atom. The maximum atomic E-state index is 12.5. The van der Waals surface area contributed by atoms with E-state index in [1.54, 1.807) is 29.8 Å². The number of nitrogens with zero attached hydrogens (tertiary/aromatic N) is 5. The molecule has 1 aromatic carbocycles. The fourth-order valence-electron chi connectivity index (χ4n) is 3.66. The van der Waals surface area contributed by atoms with Crippen LogP contribution in [0.1, 0.15) is 44.9 Å². The van der Waals surface area contributed by atoms with Gasteiger partial charge in [-0.2, -0.15) is 0 Å². The predicted molar refractivity (Wildman–Crippen MR) is 105 cm³/mol. The first-order valence-corrected chi connectivity index (χ1v) is 9.77. The van der Waals surface area contributed by atoms with Gasteiger partial charge in [-0.3, -0.25) is 4.79 Å². The molecule has 6 nitrogen and oxygen atoms in total. The zero-order chi connectivity index (χ0) is 18.7. The van der Waals surface area contributed by atoms with Crippen molar-refractivity contribution in [3.05, 3.63) is 58.5 Å². The molecule has 1 aliphatic rings. The smallest absolute Gasteiger partial charge is 0.263 e. The quantitative estimate of drug-likeness (QED) is 0.547. The second-order valence-corrected chi connectivity index (χ2v) is 8.28. The van der Waals surface area contributed by atoms with Crippen LogP contribution in [0.4, 0.5) is 0 Å². The zero-order valence-electron chi connectivity index (χ0n) is 15.4. The van der Waals surface area contributed by atoms with Crippen LogP contribution in [0.15, 0.2) is 36.7 Å². The molecule has 0 radical (unpaired) electrons. The average Bonchev–Trinajstić information content (AvgIpc) is 3.25.